The van der Waals surface area contributed by atoms with E-state index in [4.69, 9.17) is 0 Å². The number of fused-ring (bicyclic) bond motifs is 8. The Bertz CT molecular complexity index is 1030. The van der Waals surface area contributed by atoms with E-state index >= 15 is 0 Å². The van der Waals surface area contributed by atoms with Crippen molar-refractivity contribution >= 4 is 58.8 Å². The number of H-pyrrole nitrogens is 1. The first-order chi connectivity index (χ1) is 11.8. The Morgan fingerprint density at radius 1 is 0.583 bits per heavy atom. The molecule has 0 unspecified atom stereocenters. The normalized spacial score (nSPS) is 13.3. The van der Waals surface area contributed by atoms with Gasteiger partial charge >= 0.3 is 0 Å². The van der Waals surface area contributed by atoms with E-state index in [9.17, 15) is 0 Å². The molecule has 0 aromatic carbocycles. The van der Waals surface area contributed by atoms with Gasteiger partial charge in [-0.3, -0.25) is 0 Å². The van der Waals surface area contributed by atoms with Crippen LogP contribution in [0.25, 0.3) is 47.5 Å². The highest BCUT2D eigenvalue weighted by molar-refractivity contribution is 7.12. The molecule has 3 aliphatic heterocycles. The maximum atomic E-state index is 4.63. The standard InChI is InChI=1S/C19H12N4S/c1-3-14-10-16-5-7-18(22-16)24-19-8-6-17(23-19)11-15-4-2-13(21-15)9-12(1)20-14/h1-11,20H. The van der Waals surface area contributed by atoms with Crippen LogP contribution in [0.1, 0.15) is 32.8 Å². The van der Waals surface area contributed by atoms with Gasteiger partial charge in [0.1, 0.15) is 10.0 Å². The van der Waals surface area contributed by atoms with E-state index in [1.54, 1.807) is 11.3 Å². The minimum Gasteiger partial charge on any atom is -0.355 e. The molecular weight excluding hydrogens is 316 g/mol. The number of nitrogens with zero attached hydrogens (tertiary/aromatic N) is 3. The minimum atomic E-state index is 0.912. The molecule has 5 rings (SSSR count). The van der Waals surface area contributed by atoms with Gasteiger partial charge in [-0.05, 0) is 66.8 Å². The first-order valence-electron chi connectivity index (χ1n) is 7.62. The number of aromatic amines is 1. The molecule has 5 heterocycles. The van der Waals surface area contributed by atoms with Gasteiger partial charge in [0, 0.05) is 11.0 Å². The van der Waals surface area contributed by atoms with Crippen molar-refractivity contribution in [1.29, 1.82) is 0 Å². The van der Waals surface area contributed by atoms with Crippen LogP contribution in [0, 0.1) is 0 Å². The molecule has 0 fully saturated rings. The van der Waals surface area contributed by atoms with E-state index in [0.717, 1.165) is 43.8 Å². The van der Waals surface area contributed by atoms with Crippen molar-refractivity contribution in [3.63, 3.8) is 0 Å². The van der Waals surface area contributed by atoms with E-state index in [1.807, 2.05) is 66.8 Å². The lowest BCUT2D eigenvalue weighted by Gasteiger charge is -1.86. The van der Waals surface area contributed by atoms with Crippen LogP contribution in [0.3, 0.4) is 0 Å². The topological polar surface area (TPSA) is 54.5 Å². The van der Waals surface area contributed by atoms with Crippen LogP contribution >= 0.6 is 11.3 Å². The molecule has 1 N–H and O–H groups in total. The molecule has 0 spiro atoms. The number of nitrogens with one attached hydrogen (secondary N) is 1. The van der Waals surface area contributed by atoms with E-state index in [0.29, 0.717) is 0 Å². The molecule has 24 heavy (non-hydrogen) atoms. The summed E-state index contributed by atoms with van der Waals surface area (Å²) in [6.45, 7) is 0. The molecule has 4 nitrogen and oxygen atoms in total. The lowest BCUT2D eigenvalue weighted by Crippen LogP contribution is -1.77. The Labute approximate surface area is 142 Å². The molecule has 0 saturated heterocycles. The van der Waals surface area contributed by atoms with Gasteiger partial charge in [0.25, 0.3) is 0 Å². The lowest BCUT2D eigenvalue weighted by molar-refractivity contribution is 1.29. The van der Waals surface area contributed by atoms with Crippen LogP contribution in [0.4, 0.5) is 0 Å². The number of rotatable bonds is 0. The molecule has 3 aliphatic rings. The van der Waals surface area contributed by atoms with Gasteiger partial charge in [-0.1, -0.05) is 11.3 Å². The maximum Gasteiger partial charge on any atom is 0.118 e. The van der Waals surface area contributed by atoms with E-state index in [-0.39, 0.29) is 0 Å². The molecule has 0 saturated carbocycles. The van der Waals surface area contributed by atoms with Gasteiger partial charge < -0.3 is 4.98 Å². The second kappa shape index (κ2) is 5.25. The third kappa shape index (κ3) is 2.55. The van der Waals surface area contributed by atoms with Crippen molar-refractivity contribution in [2.24, 2.45) is 0 Å². The summed E-state index contributed by atoms with van der Waals surface area (Å²) in [5, 5.41) is 1.89. The second-order valence-corrected chi connectivity index (χ2v) is 6.66. The molecule has 0 radical (unpaired) electrons. The van der Waals surface area contributed by atoms with Crippen LogP contribution < -0.4 is 0 Å². The summed E-state index contributed by atoms with van der Waals surface area (Å²) in [5.74, 6) is 0. The number of aromatic nitrogens is 4. The van der Waals surface area contributed by atoms with Crippen LogP contribution in [0.2, 0.25) is 0 Å². The molecule has 8 bridgehead atoms. The molecule has 0 atom stereocenters. The molecular formula is C19H12N4S. The minimum absolute atomic E-state index is 0.912. The highest BCUT2D eigenvalue weighted by Crippen LogP contribution is 2.21. The largest absolute Gasteiger partial charge is 0.355 e. The Morgan fingerprint density at radius 2 is 1.08 bits per heavy atom. The summed E-state index contributed by atoms with van der Waals surface area (Å²) in [5.41, 5.74) is 5.73. The Balaban J connectivity index is 1.83. The van der Waals surface area contributed by atoms with Crippen molar-refractivity contribution in [3.8, 4) is 0 Å². The first-order valence-corrected chi connectivity index (χ1v) is 8.44. The Morgan fingerprint density at radius 3 is 1.75 bits per heavy atom. The third-order valence-electron chi connectivity index (χ3n) is 3.80. The fourth-order valence-corrected chi connectivity index (χ4v) is 3.51. The molecule has 0 amide bonds. The van der Waals surface area contributed by atoms with Crippen molar-refractivity contribution < 1.29 is 0 Å². The monoisotopic (exact) mass is 328 g/mol. The molecule has 2 aromatic heterocycles. The smallest absolute Gasteiger partial charge is 0.118 e. The first kappa shape index (κ1) is 13.4. The van der Waals surface area contributed by atoms with E-state index < -0.39 is 0 Å². The third-order valence-corrected chi connectivity index (χ3v) is 4.67. The molecule has 2 aromatic rings. The summed E-state index contributed by atoms with van der Waals surface area (Å²) in [6.07, 6.45) is 12.1. The zero-order valence-electron chi connectivity index (χ0n) is 12.6. The number of hydrogen-bond donors (Lipinski definition) is 1. The van der Waals surface area contributed by atoms with Gasteiger partial charge in [-0.25, -0.2) is 15.0 Å². The highest BCUT2D eigenvalue weighted by Gasteiger charge is 2.04. The van der Waals surface area contributed by atoms with Crippen LogP contribution in [0.15, 0.2) is 30.3 Å². The van der Waals surface area contributed by atoms with Gasteiger partial charge in [0.05, 0.1) is 22.8 Å². The lowest BCUT2D eigenvalue weighted by atomic mass is 10.3. The molecule has 0 aliphatic carbocycles. The van der Waals surface area contributed by atoms with Gasteiger partial charge in [-0.15, -0.1) is 0 Å². The second-order valence-electron chi connectivity index (χ2n) is 5.62. The zero-order valence-corrected chi connectivity index (χ0v) is 13.4. The molecule has 5 heteroatoms. The van der Waals surface area contributed by atoms with Crippen LogP contribution in [-0.4, -0.2) is 19.9 Å². The summed E-state index contributed by atoms with van der Waals surface area (Å²) in [7, 11) is 0. The predicted molar refractivity (Wildman–Crippen MR) is 100 cm³/mol. The summed E-state index contributed by atoms with van der Waals surface area (Å²) in [4.78, 5) is 17.2. The highest BCUT2D eigenvalue weighted by atomic mass is 32.1. The van der Waals surface area contributed by atoms with E-state index in [1.165, 1.54) is 0 Å². The fraction of sp³-hybridized carbons (Fsp3) is 0. The van der Waals surface area contributed by atoms with Crippen LogP contribution in [0.5, 0.6) is 0 Å². The fourth-order valence-electron chi connectivity index (χ4n) is 2.72. The SMILES string of the molecule is C1=Cc2cc3ccc(cc4nc(sc5nc(cc1n2)C=C5)C=C4)[nH]3. The summed E-state index contributed by atoms with van der Waals surface area (Å²) in [6, 6.07) is 10.2. The van der Waals surface area contributed by atoms with Gasteiger partial charge in [-0.2, -0.15) is 0 Å². The quantitative estimate of drug-likeness (QED) is 0.449. The van der Waals surface area contributed by atoms with Crippen molar-refractivity contribution in [3.05, 3.63) is 63.1 Å². The average Bonchev–Trinajstić information content (AvgIpc) is 3.32. The van der Waals surface area contributed by atoms with E-state index in [2.05, 4.69) is 19.9 Å². The van der Waals surface area contributed by atoms with Crippen molar-refractivity contribution in [2.75, 3.05) is 0 Å². The zero-order chi connectivity index (χ0) is 15.9. The Hall–Kier alpha value is -3.05. The molecule has 114 valence electrons. The average molecular weight is 328 g/mol. The van der Waals surface area contributed by atoms with Crippen molar-refractivity contribution in [2.45, 2.75) is 0 Å². The van der Waals surface area contributed by atoms with Crippen molar-refractivity contribution in [1.82, 2.24) is 19.9 Å². The summed E-state index contributed by atoms with van der Waals surface area (Å²) >= 11 is 1.57. The summed E-state index contributed by atoms with van der Waals surface area (Å²) < 4.78 is 0. The number of hydrogen-bond acceptors (Lipinski definition) is 4. The maximum absolute atomic E-state index is 4.63. The van der Waals surface area contributed by atoms with Gasteiger partial charge in [0.15, 0.2) is 0 Å². The van der Waals surface area contributed by atoms with Crippen LogP contribution in [-0.2, 0) is 0 Å². The van der Waals surface area contributed by atoms with Gasteiger partial charge in [0.2, 0.25) is 0 Å². The Kier molecular flexibility index (Phi) is 2.93. The predicted octanol–water partition coefficient (Wildman–Crippen LogP) is 4.68.